The van der Waals surface area contributed by atoms with Crippen molar-refractivity contribution in [2.45, 2.75) is 130 Å². The first kappa shape index (κ1) is 35.7. The van der Waals surface area contributed by atoms with E-state index in [1.54, 1.807) is 0 Å². The van der Waals surface area contributed by atoms with Crippen LogP contribution in [0.15, 0.2) is 0 Å². The van der Waals surface area contributed by atoms with Crippen molar-refractivity contribution < 1.29 is 58.0 Å². The minimum atomic E-state index is -2.09. The summed E-state index contributed by atoms with van der Waals surface area (Å²) in [5, 5.41) is 45.0. The number of ether oxygens (including phenoxy) is 6. The van der Waals surface area contributed by atoms with Crippen LogP contribution >= 0.6 is 0 Å². The summed E-state index contributed by atoms with van der Waals surface area (Å²) < 4.78 is 49.4. The Balaban J connectivity index is 1.54. The van der Waals surface area contributed by atoms with Gasteiger partial charge in [-0.3, -0.25) is 4.79 Å². The van der Waals surface area contributed by atoms with E-state index in [1.807, 2.05) is 0 Å². The molecule has 4 rings (SSSR count). The Labute approximate surface area is 254 Å². The molecule has 0 unspecified atom stereocenters. The van der Waals surface area contributed by atoms with Crippen LogP contribution in [0.3, 0.4) is 0 Å². The average molecular weight is 641 g/mol. The van der Waals surface area contributed by atoms with Gasteiger partial charge in [-0.1, -0.05) is 0 Å². The van der Waals surface area contributed by atoms with Crippen molar-refractivity contribution in [2.75, 3.05) is 26.3 Å². The molecule has 0 aromatic heterocycles. The Bertz CT molecular complexity index is 919. The van der Waals surface area contributed by atoms with E-state index >= 15 is 0 Å². The number of amides is 1. The zero-order valence-electron chi connectivity index (χ0n) is 24.5. The molecule has 0 bridgehead atoms. The summed E-state index contributed by atoms with van der Waals surface area (Å²) in [6.07, 6.45) is -13.0. The lowest BCUT2D eigenvalue weighted by Crippen LogP contribution is -2.67. The highest BCUT2D eigenvalue weighted by atomic mass is 19.1. The molecule has 0 aromatic rings. The number of aliphatic hydroxyl groups is 4. The number of carbonyl (C=O) groups is 1. The predicted molar refractivity (Wildman–Crippen MR) is 149 cm³/mol. The number of halogens is 1. The number of nitrogens with one attached hydrogen (secondary N) is 1. The van der Waals surface area contributed by atoms with E-state index in [0.717, 1.165) is 6.42 Å². The third-order valence-electron chi connectivity index (χ3n) is 8.60. The minimum absolute atomic E-state index is 0.0814. The van der Waals surface area contributed by atoms with E-state index in [9.17, 15) is 29.6 Å². The highest BCUT2D eigenvalue weighted by molar-refractivity contribution is 5.81. The molecule has 1 saturated carbocycles. The summed E-state index contributed by atoms with van der Waals surface area (Å²) in [6, 6.07) is -3.10. The van der Waals surface area contributed by atoms with Gasteiger partial charge >= 0.3 is 0 Å². The van der Waals surface area contributed by atoms with Crippen LogP contribution in [0.2, 0.25) is 0 Å². The third kappa shape index (κ3) is 8.20. The van der Waals surface area contributed by atoms with E-state index in [0.29, 0.717) is 25.9 Å². The molecule has 256 valence electrons. The van der Waals surface area contributed by atoms with E-state index in [-0.39, 0.29) is 19.1 Å². The van der Waals surface area contributed by atoms with Crippen molar-refractivity contribution in [3.05, 3.63) is 0 Å². The maximum atomic E-state index is 13.9. The molecule has 15 N–H and O–H groups in total. The van der Waals surface area contributed by atoms with Gasteiger partial charge < -0.3 is 82.8 Å². The van der Waals surface area contributed by atoms with Gasteiger partial charge in [-0.25, -0.2) is 4.39 Å². The van der Waals surface area contributed by atoms with Crippen LogP contribution in [0.1, 0.15) is 32.1 Å². The number of rotatable bonds is 12. The number of carbonyl (C=O) groups excluding carboxylic acids is 1. The van der Waals surface area contributed by atoms with Gasteiger partial charge in [0, 0.05) is 25.7 Å². The number of aliphatic hydroxyl groups excluding tert-OH is 4. The third-order valence-corrected chi connectivity index (χ3v) is 8.60. The van der Waals surface area contributed by atoms with Gasteiger partial charge in [-0.15, -0.1) is 0 Å². The normalized spacial score (nSPS) is 44.7. The first-order valence-corrected chi connectivity index (χ1v) is 15.1. The molecule has 3 saturated heterocycles. The second-order valence-corrected chi connectivity index (χ2v) is 11.9. The first-order valence-electron chi connectivity index (χ1n) is 15.1. The Hall–Kier alpha value is -1.20. The molecule has 4 fully saturated rings. The van der Waals surface area contributed by atoms with Crippen LogP contribution < -0.4 is 34.0 Å². The largest absolute Gasteiger partial charge is 0.394 e. The molecule has 3 heterocycles. The lowest BCUT2D eigenvalue weighted by atomic mass is 9.83. The maximum Gasteiger partial charge on any atom is 0.252 e. The summed E-state index contributed by atoms with van der Waals surface area (Å²) in [5.74, 6) is -1.12. The molecule has 1 amide bonds. The van der Waals surface area contributed by atoms with E-state index in [1.165, 1.54) is 0 Å². The number of nitrogens with two attached hydrogens (primary N) is 5. The SMILES string of the molecule is NC[C@@H]1CC[C@@H](N)[C@@H](O[C@H]2[C@H](O[C@@H]3O[C@H](CO)[C@@H](O[C@H]4OCCC[C@H]4N)[C@H]3O)[C@@H](O)[C@H](NC(=O)[C@H](O)[C@@H](F)CN)C[C@@H]2N)O1. The van der Waals surface area contributed by atoms with Crippen molar-refractivity contribution >= 4 is 5.91 Å². The van der Waals surface area contributed by atoms with Crippen molar-refractivity contribution in [1.82, 2.24) is 5.32 Å². The second kappa shape index (κ2) is 16.1. The van der Waals surface area contributed by atoms with E-state index in [4.69, 9.17) is 57.1 Å². The van der Waals surface area contributed by atoms with Gasteiger partial charge in [-0.2, -0.15) is 0 Å². The standard InChI is InChI=1S/C26H49FN6O11/c27-11(8-29)17(35)23(38)33-15-6-14(32)20(42-25-13(31)4-3-10(7-28)40-25)22(18(15)36)44-26-19(37)21(16(9-34)41-26)43-24-12(30)2-1-5-39-24/h10-22,24-26,34-37H,1-9,28-32H2,(H,33,38)/t10-,11-,12+,13+,14-,15+,16+,17+,18-,19+,20+,21+,22+,24+,25+,26-/m0/s1. The topological polar surface area (TPSA) is 296 Å². The predicted octanol–water partition coefficient (Wildman–Crippen LogP) is -5.29. The maximum absolute atomic E-state index is 13.9. The number of hydrogen-bond acceptors (Lipinski definition) is 16. The Morgan fingerprint density at radius 1 is 0.909 bits per heavy atom. The summed E-state index contributed by atoms with van der Waals surface area (Å²) in [6.45, 7) is -0.522. The molecule has 0 aromatic carbocycles. The molecule has 16 atom stereocenters. The van der Waals surface area contributed by atoms with Crippen LogP contribution in [0.5, 0.6) is 0 Å². The van der Waals surface area contributed by atoms with Gasteiger partial charge in [0.15, 0.2) is 25.0 Å². The molecule has 0 radical (unpaired) electrons. The first-order chi connectivity index (χ1) is 21.0. The van der Waals surface area contributed by atoms with Crippen LogP contribution in [-0.4, -0.2) is 151 Å². The minimum Gasteiger partial charge on any atom is -0.394 e. The van der Waals surface area contributed by atoms with Crippen molar-refractivity contribution in [2.24, 2.45) is 28.7 Å². The van der Waals surface area contributed by atoms with E-state index in [2.05, 4.69) is 5.32 Å². The molecule has 1 aliphatic carbocycles. The zero-order valence-corrected chi connectivity index (χ0v) is 24.5. The summed E-state index contributed by atoms with van der Waals surface area (Å²) in [4.78, 5) is 12.6. The molecule has 18 heteroatoms. The van der Waals surface area contributed by atoms with Gasteiger partial charge in [0.2, 0.25) is 0 Å². The number of hydrogen-bond donors (Lipinski definition) is 10. The highest BCUT2D eigenvalue weighted by Crippen LogP contribution is 2.34. The smallest absolute Gasteiger partial charge is 0.252 e. The fourth-order valence-electron chi connectivity index (χ4n) is 5.97. The fraction of sp³-hybridized carbons (Fsp3) is 0.962. The van der Waals surface area contributed by atoms with Crippen molar-refractivity contribution in [1.29, 1.82) is 0 Å². The number of alkyl halides is 1. The molecule has 0 spiro atoms. The summed E-state index contributed by atoms with van der Waals surface area (Å²) in [5.41, 5.74) is 29.8. The lowest BCUT2D eigenvalue weighted by molar-refractivity contribution is -0.288. The van der Waals surface area contributed by atoms with Gasteiger partial charge in [0.25, 0.3) is 5.91 Å². The zero-order chi connectivity index (χ0) is 32.1. The van der Waals surface area contributed by atoms with Crippen LogP contribution in [0.4, 0.5) is 4.39 Å². The summed E-state index contributed by atoms with van der Waals surface area (Å²) in [7, 11) is 0. The highest BCUT2D eigenvalue weighted by Gasteiger charge is 2.53. The van der Waals surface area contributed by atoms with Crippen LogP contribution in [-0.2, 0) is 33.2 Å². The van der Waals surface area contributed by atoms with Gasteiger partial charge in [0.05, 0.1) is 30.8 Å². The molecular weight excluding hydrogens is 591 g/mol. The van der Waals surface area contributed by atoms with Crippen LogP contribution in [0.25, 0.3) is 0 Å². The lowest BCUT2D eigenvalue weighted by Gasteiger charge is -2.46. The average Bonchev–Trinajstić information content (AvgIpc) is 3.31. The Kier molecular flexibility index (Phi) is 13.0. The summed E-state index contributed by atoms with van der Waals surface area (Å²) >= 11 is 0. The van der Waals surface area contributed by atoms with Crippen molar-refractivity contribution in [3.8, 4) is 0 Å². The quantitative estimate of drug-likeness (QED) is 0.0952. The van der Waals surface area contributed by atoms with Crippen molar-refractivity contribution in [3.63, 3.8) is 0 Å². The molecule has 44 heavy (non-hydrogen) atoms. The molecule has 4 aliphatic rings. The Morgan fingerprint density at radius 2 is 1.59 bits per heavy atom. The second-order valence-electron chi connectivity index (χ2n) is 11.9. The molecular formula is C26H49FN6O11. The molecule has 3 aliphatic heterocycles. The fourth-order valence-corrected chi connectivity index (χ4v) is 5.97. The molecule has 17 nitrogen and oxygen atoms in total. The van der Waals surface area contributed by atoms with Crippen LogP contribution in [0, 0.1) is 0 Å². The Morgan fingerprint density at radius 3 is 2.25 bits per heavy atom. The monoisotopic (exact) mass is 640 g/mol. The van der Waals surface area contributed by atoms with Gasteiger partial charge in [-0.05, 0) is 32.1 Å². The van der Waals surface area contributed by atoms with Gasteiger partial charge in [0.1, 0.15) is 42.8 Å². The van der Waals surface area contributed by atoms with E-state index < -0.39 is 111 Å².